The minimum Gasteiger partial charge on any atom is -0.464 e. The van der Waals surface area contributed by atoms with E-state index in [-0.39, 0.29) is 31.3 Å². The molecule has 4 aliphatic rings. The molecular weight excluding hydrogens is 893 g/mol. The van der Waals surface area contributed by atoms with Gasteiger partial charge in [-0.1, -0.05) is 44.0 Å². The first-order valence-electron chi connectivity index (χ1n) is 24.2. The first-order valence-corrected chi connectivity index (χ1v) is 24.2. The second-order valence-electron chi connectivity index (χ2n) is 19.5. The summed E-state index contributed by atoms with van der Waals surface area (Å²) in [6, 6.07) is 11.3. The Bertz CT molecular complexity index is 2720. The maximum atomic E-state index is 15.0. The summed E-state index contributed by atoms with van der Waals surface area (Å²) in [6.45, 7) is 14.4. The normalized spacial score (nSPS) is 21.8. The van der Waals surface area contributed by atoms with Crippen LogP contribution in [0.1, 0.15) is 71.1 Å². The molecule has 2 aromatic carbocycles. The third kappa shape index (κ3) is 10.8. The third-order valence-electron chi connectivity index (χ3n) is 13.6. The standard InChI is InChI=1S/C52H64N10O8/c1-8-60-43-17-16-36-27-40(43)41(47(60)38-29-53-33-54-30-38)28-52(4,5)32-70-51(66)42-14-10-20-61(56-42)50(65)45(48(68-7)37-13-9-12-35(36)26-37)55-49(64)46(34(2)3)57(6)62(67)39-18-21-59(31-39)44(63)15-11-19-58-22-24-69-25-23-58/h9,12-13,16-17,26-27,29-30,33,39,42,45,48,56H,8,10,14,18-25,28,31-32H2,1-7H3/p+1/t39-,42-,45-,48+/m0/s1. The van der Waals surface area contributed by atoms with E-state index in [4.69, 9.17) is 14.2 Å². The Balaban J connectivity index is 1.11. The number of benzene rings is 2. The fourth-order valence-electron chi connectivity index (χ4n) is 10.1. The summed E-state index contributed by atoms with van der Waals surface area (Å²) in [5, 5.41) is 6.61. The number of likely N-dealkylation sites (tertiary alicyclic amines) is 1. The van der Waals surface area contributed by atoms with Crippen LogP contribution < -0.4 is 10.7 Å². The van der Waals surface area contributed by atoms with Crippen LogP contribution in [0.2, 0.25) is 0 Å². The van der Waals surface area contributed by atoms with Gasteiger partial charge in [0.25, 0.3) is 23.8 Å². The summed E-state index contributed by atoms with van der Waals surface area (Å²) in [5.74, 6) is 3.62. The lowest BCUT2D eigenvalue weighted by Crippen LogP contribution is -2.61. The van der Waals surface area contributed by atoms with Crippen molar-refractivity contribution in [2.45, 2.75) is 91.1 Å². The van der Waals surface area contributed by atoms with Crippen LogP contribution in [0.3, 0.4) is 0 Å². The number of cyclic esters (lactones) is 1. The molecule has 4 aromatic rings. The van der Waals surface area contributed by atoms with Gasteiger partial charge in [-0.2, -0.15) is 0 Å². The lowest BCUT2D eigenvalue weighted by atomic mass is 9.84. The smallest absolute Gasteiger partial charge is 0.324 e. The van der Waals surface area contributed by atoms with E-state index in [2.05, 4.69) is 81.0 Å². The Morgan fingerprint density at radius 1 is 1.01 bits per heavy atom. The number of nitrogens with one attached hydrogen (secondary N) is 2. The number of likely N-dealkylation sites (N-methyl/N-ethyl adjacent to an activating group) is 1. The average Bonchev–Trinajstić information content (AvgIpc) is 3.98. The quantitative estimate of drug-likeness (QED) is 0.0791. The Morgan fingerprint density at radius 3 is 2.50 bits per heavy atom. The third-order valence-corrected chi connectivity index (χ3v) is 13.6. The molecule has 0 radical (unpaired) electrons. The van der Waals surface area contributed by atoms with Crippen LogP contribution in [-0.2, 0) is 46.4 Å². The monoisotopic (exact) mass is 957 g/mol. The molecule has 3 fully saturated rings. The molecule has 0 aliphatic carbocycles. The van der Waals surface area contributed by atoms with Gasteiger partial charge in [-0.15, -0.1) is 5.01 Å². The summed E-state index contributed by atoms with van der Waals surface area (Å²) >= 11 is 0. The summed E-state index contributed by atoms with van der Waals surface area (Å²) in [5.41, 5.74) is 9.56. The number of ether oxygens (including phenoxy) is 3. The molecule has 18 nitrogen and oxygen atoms in total. The van der Waals surface area contributed by atoms with Crippen LogP contribution in [-0.4, -0.2) is 154 Å². The van der Waals surface area contributed by atoms with E-state index < -0.39 is 47.4 Å². The van der Waals surface area contributed by atoms with Gasteiger partial charge in [0.15, 0.2) is 5.70 Å². The van der Waals surface area contributed by atoms with E-state index in [1.807, 2.05) is 36.7 Å². The minimum absolute atomic E-state index is 0.0289. The molecule has 70 heavy (non-hydrogen) atoms. The zero-order valence-electron chi connectivity index (χ0n) is 41.3. The highest BCUT2D eigenvalue weighted by molar-refractivity contribution is 5.98. The van der Waals surface area contributed by atoms with Gasteiger partial charge in [0.2, 0.25) is 0 Å². The van der Waals surface area contributed by atoms with E-state index >= 15 is 0 Å². The number of carbonyl (C=O) groups is 4. The van der Waals surface area contributed by atoms with Crippen molar-refractivity contribution in [2.75, 3.05) is 73.2 Å². The second kappa shape index (κ2) is 21.6. The molecule has 3 amide bonds. The molecule has 4 atom stereocenters. The number of nitrogens with zero attached hydrogens (tertiary/aromatic N) is 8. The molecular formula is C52H65N10O8+. The number of nitroso groups, excluding NO2 is 1. The lowest BCUT2D eigenvalue weighted by molar-refractivity contribution is -0.716. The van der Waals surface area contributed by atoms with E-state index in [1.54, 1.807) is 18.7 Å². The van der Waals surface area contributed by atoms with E-state index in [9.17, 15) is 24.1 Å². The number of carbonyl (C=O) groups excluding carboxylic acids is 4. The zero-order valence-corrected chi connectivity index (χ0v) is 41.3. The predicted octanol–water partition coefficient (Wildman–Crippen LogP) is 4.43. The maximum absolute atomic E-state index is 15.0. The second-order valence-corrected chi connectivity index (χ2v) is 19.5. The average molecular weight is 958 g/mol. The SMILES string of the molecule is CCn1c(-c2cncnc2)c2c3cc(ccc31)-c1cccc(c1)[C@@H](OC)[C@H](NC(=O)C(=C(C)C)N(C)[N+](=O)[C@H]1CCN(C(=O)C#CCN3CCOCC3)C1)C(=O)N1CCC[C@H](N1)C(=O)OCC(C)(C)C2. The van der Waals surface area contributed by atoms with Crippen molar-refractivity contribution in [3.8, 4) is 34.2 Å². The summed E-state index contributed by atoms with van der Waals surface area (Å²) in [7, 11) is 2.98. The highest BCUT2D eigenvalue weighted by Crippen LogP contribution is 2.40. The molecule has 0 saturated carbocycles. The molecule has 2 N–H and O–H groups in total. The van der Waals surface area contributed by atoms with Crippen molar-refractivity contribution in [3.05, 3.63) is 88.5 Å². The van der Waals surface area contributed by atoms with Gasteiger partial charge in [-0.05, 0) is 92.0 Å². The van der Waals surface area contributed by atoms with Crippen LogP contribution >= 0.6 is 0 Å². The molecule has 6 bridgehead atoms. The van der Waals surface area contributed by atoms with Gasteiger partial charge in [-0.25, -0.2) is 15.4 Å². The Kier molecular flexibility index (Phi) is 15.4. The van der Waals surface area contributed by atoms with Gasteiger partial charge in [0.1, 0.15) is 29.4 Å². The summed E-state index contributed by atoms with van der Waals surface area (Å²) in [6.07, 6.45) is 6.00. The van der Waals surface area contributed by atoms with Crippen LogP contribution in [0.25, 0.3) is 33.3 Å². The number of rotatable bonds is 9. The van der Waals surface area contributed by atoms with Crippen molar-refractivity contribution in [2.24, 2.45) is 5.41 Å². The Labute approximate surface area is 409 Å². The number of fused-ring (bicyclic) bond motifs is 6. The van der Waals surface area contributed by atoms with Gasteiger partial charge in [-0.3, -0.25) is 29.1 Å². The molecule has 3 saturated heterocycles. The molecule has 0 unspecified atom stereocenters. The number of hydrogen-bond acceptors (Lipinski definition) is 12. The first kappa shape index (κ1) is 49.9. The van der Waals surface area contributed by atoms with Gasteiger partial charge < -0.3 is 29.0 Å². The molecule has 370 valence electrons. The number of methoxy groups -OCH3 is 1. The lowest BCUT2D eigenvalue weighted by Gasteiger charge is -2.37. The largest absolute Gasteiger partial charge is 0.464 e. The van der Waals surface area contributed by atoms with Crippen LogP contribution in [0.15, 0.2) is 72.5 Å². The number of allylic oxidation sites excluding steroid dienone is 1. The van der Waals surface area contributed by atoms with Gasteiger partial charge in [0, 0.05) is 80.5 Å². The number of morpholine rings is 1. The van der Waals surface area contributed by atoms with Crippen molar-refractivity contribution in [1.29, 1.82) is 0 Å². The van der Waals surface area contributed by atoms with E-state index in [1.165, 1.54) is 30.5 Å². The maximum Gasteiger partial charge on any atom is 0.324 e. The van der Waals surface area contributed by atoms with Gasteiger partial charge in [0.05, 0.1) is 50.6 Å². The highest BCUT2D eigenvalue weighted by Gasteiger charge is 2.44. The van der Waals surface area contributed by atoms with Crippen LogP contribution in [0.4, 0.5) is 0 Å². The number of hydrogen-bond donors (Lipinski definition) is 2. The minimum atomic E-state index is -1.34. The number of esters is 1. The number of aryl methyl sites for hydroxylation is 1. The Hall–Kier alpha value is -6.52. The fraction of sp³-hybridized carbons (Fsp3) is 0.500. The molecule has 0 spiro atoms. The van der Waals surface area contributed by atoms with Crippen LogP contribution in [0, 0.1) is 22.2 Å². The van der Waals surface area contributed by atoms with Crippen molar-refractivity contribution < 1.29 is 38.3 Å². The highest BCUT2D eigenvalue weighted by atomic mass is 16.5. The van der Waals surface area contributed by atoms with Crippen molar-refractivity contribution in [1.82, 2.24) is 45.1 Å². The van der Waals surface area contributed by atoms with Crippen molar-refractivity contribution in [3.63, 3.8) is 0 Å². The van der Waals surface area contributed by atoms with Crippen molar-refractivity contribution >= 4 is 34.6 Å². The number of hydrazine groups is 2. The molecule has 2 aromatic heterocycles. The van der Waals surface area contributed by atoms with E-state index in [0.29, 0.717) is 69.7 Å². The molecule has 6 heterocycles. The summed E-state index contributed by atoms with van der Waals surface area (Å²) < 4.78 is 19.9. The molecule has 4 aliphatic heterocycles. The molecule has 18 heteroatoms. The molecule has 8 rings (SSSR count). The summed E-state index contributed by atoms with van der Waals surface area (Å²) in [4.78, 5) is 84.0. The van der Waals surface area contributed by atoms with E-state index in [0.717, 1.165) is 56.8 Å². The zero-order chi connectivity index (χ0) is 49.7. The fourth-order valence-corrected chi connectivity index (χ4v) is 10.1. The first-order chi connectivity index (χ1) is 33.7. The van der Waals surface area contributed by atoms with Crippen LogP contribution in [0.5, 0.6) is 0 Å². The van der Waals surface area contributed by atoms with Gasteiger partial charge >= 0.3 is 5.97 Å². The topological polar surface area (TPSA) is 184 Å². The number of aromatic nitrogens is 3. The number of amides is 3. The predicted molar refractivity (Wildman–Crippen MR) is 262 cm³/mol. The Morgan fingerprint density at radius 2 is 1.77 bits per heavy atom.